The second-order valence-corrected chi connectivity index (χ2v) is 6.34. The molecule has 6 nitrogen and oxygen atoms in total. The van der Waals surface area contributed by atoms with Crippen molar-refractivity contribution in [3.8, 4) is 11.8 Å². The smallest absolute Gasteiger partial charge is 0.262 e. The number of anilines is 2. The lowest BCUT2D eigenvalue weighted by Gasteiger charge is -2.12. The molecule has 0 aliphatic carbocycles. The average molecular weight is 385 g/mol. The van der Waals surface area contributed by atoms with Crippen molar-refractivity contribution in [3.63, 3.8) is 0 Å². The number of carbonyl (C=O) groups is 2. The van der Waals surface area contributed by atoms with Crippen molar-refractivity contribution in [2.24, 2.45) is 0 Å². The van der Waals surface area contributed by atoms with E-state index in [1.54, 1.807) is 54.6 Å². The Hall–Kier alpha value is -4.11. The van der Waals surface area contributed by atoms with E-state index in [-0.39, 0.29) is 12.5 Å². The molecule has 0 fully saturated rings. The Morgan fingerprint density at radius 3 is 2.45 bits per heavy atom. The first-order valence-corrected chi connectivity index (χ1v) is 8.95. The summed E-state index contributed by atoms with van der Waals surface area (Å²) < 4.78 is 5.43. The van der Waals surface area contributed by atoms with Crippen LogP contribution < -0.4 is 15.4 Å². The zero-order chi connectivity index (χ0) is 20.6. The van der Waals surface area contributed by atoms with Gasteiger partial charge >= 0.3 is 0 Å². The summed E-state index contributed by atoms with van der Waals surface area (Å²) in [5.41, 5.74) is 2.96. The molecule has 3 rings (SSSR count). The van der Waals surface area contributed by atoms with Gasteiger partial charge in [0.25, 0.3) is 11.8 Å². The van der Waals surface area contributed by atoms with Crippen LogP contribution in [0.4, 0.5) is 11.4 Å². The molecule has 0 saturated heterocycles. The fraction of sp³-hybridized carbons (Fsp3) is 0.0870. The van der Waals surface area contributed by atoms with Crippen LogP contribution in [0.1, 0.15) is 21.5 Å². The summed E-state index contributed by atoms with van der Waals surface area (Å²) >= 11 is 0. The molecule has 0 unspecified atom stereocenters. The zero-order valence-corrected chi connectivity index (χ0v) is 15.8. The Morgan fingerprint density at radius 2 is 1.72 bits per heavy atom. The molecular weight excluding hydrogens is 366 g/mol. The summed E-state index contributed by atoms with van der Waals surface area (Å²) in [6.45, 7) is 1.72. The number of para-hydroxylation sites is 1. The molecule has 0 aliphatic rings. The minimum absolute atomic E-state index is 0.222. The fourth-order valence-corrected chi connectivity index (χ4v) is 2.67. The van der Waals surface area contributed by atoms with Crippen molar-refractivity contribution in [2.45, 2.75) is 6.92 Å². The molecule has 2 N–H and O–H groups in total. The van der Waals surface area contributed by atoms with Crippen molar-refractivity contribution in [3.05, 3.63) is 89.5 Å². The molecule has 0 aromatic heterocycles. The zero-order valence-electron chi connectivity index (χ0n) is 15.8. The van der Waals surface area contributed by atoms with E-state index in [0.717, 1.165) is 5.56 Å². The number of aryl methyl sites for hydroxylation is 1. The topological polar surface area (TPSA) is 91.2 Å². The third-order valence-corrected chi connectivity index (χ3v) is 4.08. The lowest BCUT2D eigenvalue weighted by Crippen LogP contribution is -2.22. The lowest BCUT2D eigenvalue weighted by atomic mass is 10.1. The molecule has 0 bridgehead atoms. The summed E-state index contributed by atoms with van der Waals surface area (Å²) in [6, 6.07) is 22.7. The van der Waals surface area contributed by atoms with Crippen LogP contribution in [-0.2, 0) is 4.79 Å². The van der Waals surface area contributed by atoms with Crippen molar-refractivity contribution in [1.82, 2.24) is 0 Å². The number of benzene rings is 3. The highest BCUT2D eigenvalue weighted by Crippen LogP contribution is 2.18. The van der Waals surface area contributed by atoms with Crippen molar-refractivity contribution in [1.29, 1.82) is 5.26 Å². The van der Waals surface area contributed by atoms with Crippen molar-refractivity contribution in [2.75, 3.05) is 17.2 Å². The van der Waals surface area contributed by atoms with Gasteiger partial charge in [0, 0.05) is 5.69 Å². The van der Waals surface area contributed by atoms with E-state index in [1.807, 2.05) is 31.2 Å². The molecule has 0 radical (unpaired) electrons. The quantitative estimate of drug-likeness (QED) is 0.667. The van der Waals surface area contributed by atoms with Crippen molar-refractivity contribution < 1.29 is 14.3 Å². The molecule has 6 heteroatoms. The minimum Gasteiger partial charge on any atom is -0.484 e. The van der Waals surface area contributed by atoms with Crippen LogP contribution in [0, 0.1) is 18.3 Å². The predicted molar refractivity (Wildman–Crippen MR) is 111 cm³/mol. The molecular formula is C23H19N3O3. The minimum atomic E-state index is -0.398. The van der Waals surface area contributed by atoms with Crippen LogP contribution in [0.3, 0.4) is 0 Å². The third-order valence-electron chi connectivity index (χ3n) is 4.08. The molecule has 0 aliphatic heterocycles. The van der Waals surface area contributed by atoms with Gasteiger partial charge in [-0.15, -0.1) is 0 Å². The molecule has 0 atom stereocenters. The molecule has 0 heterocycles. The summed E-state index contributed by atoms with van der Waals surface area (Å²) in [6.07, 6.45) is 0. The summed E-state index contributed by atoms with van der Waals surface area (Å²) in [4.78, 5) is 24.9. The number of amides is 2. The number of rotatable bonds is 6. The normalized spacial score (nSPS) is 9.93. The van der Waals surface area contributed by atoms with Gasteiger partial charge in [-0.05, 0) is 61.0 Å². The summed E-state index contributed by atoms with van der Waals surface area (Å²) in [7, 11) is 0. The molecule has 2 amide bonds. The van der Waals surface area contributed by atoms with Crippen LogP contribution >= 0.6 is 0 Å². The van der Waals surface area contributed by atoms with Gasteiger partial charge in [0.05, 0.1) is 22.9 Å². The van der Waals surface area contributed by atoms with Gasteiger partial charge in [-0.3, -0.25) is 9.59 Å². The van der Waals surface area contributed by atoms with E-state index in [9.17, 15) is 9.59 Å². The van der Waals surface area contributed by atoms with Crippen LogP contribution in [0.25, 0.3) is 0 Å². The number of nitrogens with one attached hydrogen (secondary N) is 2. The van der Waals surface area contributed by atoms with Crippen molar-refractivity contribution >= 4 is 23.2 Å². The average Bonchev–Trinajstić information content (AvgIpc) is 2.73. The van der Waals surface area contributed by atoms with E-state index in [0.29, 0.717) is 28.3 Å². The number of hydrogen-bond donors (Lipinski definition) is 2. The highest BCUT2D eigenvalue weighted by Gasteiger charge is 2.14. The highest BCUT2D eigenvalue weighted by atomic mass is 16.5. The van der Waals surface area contributed by atoms with E-state index in [4.69, 9.17) is 10.00 Å². The van der Waals surface area contributed by atoms with Crippen LogP contribution in [0.15, 0.2) is 72.8 Å². The first kappa shape index (κ1) is 19.6. The van der Waals surface area contributed by atoms with E-state index in [2.05, 4.69) is 10.6 Å². The number of hydrogen-bond acceptors (Lipinski definition) is 4. The van der Waals surface area contributed by atoms with Gasteiger partial charge in [0.1, 0.15) is 5.75 Å². The maximum absolute atomic E-state index is 12.6. The second-order valence-electron chi connectivity index (χ2n) is 6.34. The highest BCUT2D eigenvalue weighted by molar-refractivity contribution is 6.10. The number of carbonyl (C=O) groups excluding carboxylic acids is 2. The Kier molecular flexibility index (Phi) is 6.23. The Morgan fingerprint density at radius 1 is 0.966 bits per heavy atom. The van der Waals surface area contributed by atoms with Gasteiger partial charge in [-0.2, -0.15) is 5.26 Å². The summed E-state index contributed by atoms with van der Waals surface area (Å²) in [5, 5.41) is 14.3. The number of nitriles is 1. The largest absolute Gasteiger partial charge is 0.484 e. The second kappa shape index (κ2) is 9.20. The molecule has 0 spiro atoms. The molecule has 144 valence electrons. The Labute approximate surface area is 168 Å². The monoisotopic (exact) mass is 385 g/mol. The van der Waals surface area contributed by atoms with Gasteiger partial charge < -0.3 is 15.4 Å². The first-order chi connectivity index (χ1) is 14.0. The molecule has 3 aromatic carbocycles. The van der Waals surface area contributed by atoms with Crippen LogP contribution in [0.2, 0.25) is 0 Å². The SMILES string of the molecule is Cc1cccc(NC(=O)c2ccccc2NC(=O)COc2ccc(C#N)cc2)c1. The maximum Gasteiger partial charge on any atom is 0.262 e. The van der Waals surface area contributed by atoms with Crippen LogP contribution in [-0.4, -0.2) is 18.4 Å². The first-order valence-electron chi connectivity index (χ1n) is 8.95. The third kappa shape index (κ3) is 5.44. The lowest BCUT2D eigenvalue weighted by molar-refractivity contribution is -0.118. The summed E-state index contributed by atoms with van der Waals surface area (Å²) in [5.74, 6) is -0.241. The van der Waals surface area contributed by atoms with Crippen LogP contribution in [0.5, 0.6) is 5.75 Å². The van der Waals surface area contributed by atoms with Gasteiger partial charge in [0.15, 0.2) is 6.61 Å². The Bertz CT molecular complexity index is 1070. The number of nitrogens with zero attached hydrogens (tertiary/aromatic N) is 1. The van der Waals surface area contributed by atoms with E-state index in [1.165, 1.54) is 0 Å². The number of ether oxygens (including phenoxy) is 1. The Balaban J connectivity index is 1.64. The standard InChI is InChI=1S/C23H19N3O3/c1-16-5-4-6-18(13-16)25-23(28)20-7-2-3-8-21(20)26-22(27)15-29-19-11-9-17(14-24)10-12-19/h2-13H,15H2,1H3,(H,25,28)(H,26,27). The maximum atomic E-state index is 12.6. The molecule has 3 aromatic rings. The van der Waals surface area contributed by atoms with Gasteiger partial charge in [-0.25, -0.2) is 0 Å². The van der Waals surface area contributed by atoms with Gasteiger partial charge in [-0.1, -0.05) is 24.3 Å². The molecule has 29 heavy (non-hydrogen) atoms. The predicted octanol–water partition coefficient (Wildman–Crippen LogP) is 4.14. The van der Waals surface area contributed by atoms with E-state index < -0.39 is 5.91 Å². The fourth-order valence-electron chi connectivity index (χ4n) is 2.67. The van der Waals surface area contributed by atoms with Gasteiger partial charge in [0.2, 0.25) is 0 Å². The molecule has 0 saturated carbocycles. The van der Waals surface area contributed by atoms with E-state index >= 15 is 0 Å².